The van der Waals surface area contributed by atoms with Crippen molar-refractivity contribution in [2.24, 2.45) is 0 Å². The average Bonchev–Trinajstić information content (AvgIpc) is 4.05. The summed E-state index contributed by atoms with van der Waals surface area (Å²) < 4.78 is 39.0. The fourth-order valence-corrected chi connectivity index (χ4v) is 7.37. The maximum atomic E-state index is 10.9. The fourth-order valence-electron chi connectivity index (χ4n) is 7.37. The van der Waals surface area contributed by atoms with Crippen molar-refractivity contribution in [1.82, 2.24) is 0 Å². The van der Waals surface area contributed by atoms with Crippen LogP contribution in [-0.2, 0) is 45.2 Å². The second-order valence-corrected chi connectivity index (χ2v) is 13.9. The molecule has 8 rings (SSSR count). The summed E-state index contributed by atoms with van der Waals surface area (Å²) in [6, 6.07) is 43.3. The SMILES string of the molecule is OC[C@H]1OC(c2ccc(C3CC3)c(Cc3ccc4c(c3)OCCO4)c2)[C@H](OCc2ccccc2)[C@@H](OCc2ccccc2)[C@@H]1OCc1ccccc1. The van der Waals surface area contributed by atoms with Gasteiger partial charge in [0.05, 0.1) is 26.4 Å². The highest BCUT2D eigenvalue weighted by atomic mass is 16.6. The van der Waals surface area contributed by atoms with Crippen LogP contribution in [0.15, 0.2) is 127 Å². The van der Waals surface area contributed by atoms with E-state index in [1.54, 1.807) is 0 Å². The molecule has 2 aliphatic heterocycles. The first-order chi connectivity index (χ1) is 25.7. The van der Waals surface area contributed by atoms with E-state index in [2.05, 4.69) is 54.6 Å². The quantitative estimate of drug-likeness (QED) is 0.126. The van der Waals surface area contributed by atoms with Crippen molar-refractivity contribution in [2.75, 3.05) is 19.8 Å². The summed E-state index contributed by atoms with van der Waals surface area (Å²) in [7, 11) is 0. The van der Waals surface area contributed by atoms with Crippen LogP contribution >= 0.6 is 0 Å². The standard InChI is InChI=1S/C45H46O7/c46-27-41-43(49-28-31-10-4-1-5-11-31)45(51-30-33-14-8-3-9-15-33)44(50-29-32-12-6-2-7-13-32)42(52-41)36-19-20-38(35-17-18-35)37(26-36)24-34-16-21-39-40(25-34)48-23-22-47-39/h1-16,19-21,25-26,35,41-46H,17-18,22-24,27-30H2/t41-,42?,43-,44+,45+/m1/s1. The molecule has 0 aromatic heterocycles. The third-order valence-corrected chi connectivity index (χ3v) is 10.2. The number of fused-ring (bicyclic) bond motifs is 1. The molecule has 1 saturated heterocycles. The fraction of sp³-hybridized carbons (Fsp3) is 0.333. The van der Waals surface area contributed by atoms with E-state index in [0.717, 1.165) is 45.7 Å². The van der Waals surface area contributed by atoms with Gasteiger partial charge in [0.2, 0.25) is 0 Å². The van der Waals surface area contributed by atoms with E-state index < -0.39 is 30.5 Å². The van der Waals surface area contributed by atoms with Crippen LogP contribution in [0.4, 0.5) is 0 Å². The van der Waals surface area contributed by atoms with E-state index in [-0.39, 0.29) is 6.61 Å². The topological polar surface area (TPSA) is 75.6 Å². The first-order valence-electron chi connectivity index (χ1n) is 18.5. The molecular weight excluding hydrogens is 652 g/mol. The minimum absolute atomic E-state index is 0.225. The third-order valence-electron chi connectivity index (χ3n) is 10.2. The Morgan fingerprint density at radius 3 is 1.73 bits per heavy atom. The number of aliphatic hydroxyl groups is 1. The van der Waals surface area contributed by atoms with Crippen LogP contribution in [0.1, 0.15) is 63.8 Å². The van der Waals surface area contributed by atoms with Crippen LogP contribution in [0.2, 0.25) is 0 Å². The maximum absolute atomic E-state index is 10.9. The van der Waals surface area contributed by atoms with Crippen molar-refractivity contribution in [3.05, 3.63) is 166 Å². The van der Waals surface area contributed by atoms with E-state index in [9.17, 15) is 5.11 Å². The number of hydrogen-bond acceptors (Lipinski definition) is 7. The van der Waals surface area contributed by atoms with Crippen LogP contribution in [0.3, 0.4) is 0 Å². The van der Waals surface area contributed by atoms with Gasteiger partial charge >= 0.3 is 0 Å². The van der Waals surface area contributed by atoms with E-state index in [4.69, 9.17) is 28.4 Å². The second kappa shape index (κ2) is 16.4. The largest absolute Gasteiger partial charge is 0.486 e. The predicted octanol–water partition coefficient (Wildman–Crippen LogP) is 8.11. The van der Waals surface area contributed by atoms with E-state index in [1.807, 2.05) is 72.8 Å². The minimum atomic E-state index is -0.643. The van der Waals surface area contributed by atoms with Crippen LogP contribution in [-0.4, -0.2) is 49.3 Å². The Morgan fingerprint density at radius 1 is 0.558 bits per heavy atom. The van der Waals surface area contributed by atoms with Gasteiger partial charge in [0.25, 0.3) is 0 Å². The van der Waals surface area contributed by atoms with E-state index in [1.165, 1.54) is 24.0 Å². The lowest BCUT2D eigenvalue weighted by molar-refractivity contribution is -0.272. The molecule has 268 valence electrons. The maximum Gasteiger partial charge on any atom is 0.161 e. The molecule has 2 heterocycles. The van der Waals surface area contributed by atoms with Gasteiger partial charge in [-0.2, -0.15) is 0 Å². The summed E-state index contributed by atoms with van der Waals surface area (Å²) >= 11 is 0. The number of rotatable bonds is 14. The second-order valence-electron chi connectivity index (χ2n) is 13.9. The molecule has 1 aliphatic carbocycles. The Balaban J connectivity index is 1.15. The lowest BCUT2D eigenvalue weighted by Crippen LogP contribution is -2.58. The molecule has 5 aromatic rings. The highest BCUT2D eigenvalue weighted by Gasteiger charge is 2.49. The summed E-state index contributed by atoms with van der Waals surface area (Å²) in [5.74, 6) is 2.14. The Kier molecular flexibility index (Phi) is 10.9. The van der Waals surface area contributed by atoms with Crippen molar-refractivity contribution in [1.29, 1.82) is 0 Å². The van der Waals surface area contributed by atoms with E-state index in [0.29, 0.717) is 39.0 Å². The molecule has 7 nitrogen and oxygen atoms in total. The van der Waals surface area contributed by atoms with Gasteiger partial charge in [0.1, 0.15) is 43.7 Å². The molecule has 0 radical (unpaired) electrons. The monoisotopic (exact) mass is 698 g/mol. The molecular formula is C45H46O7. The molecule has 5 aromatic carbocycles. The number of benzene rings is 5. The van der Waals surface area contributed by atoms with E-state index >= 15 is 0 Å². The van der Waals surface area contributed by atoms with Gasteiger partial charge in [-0.05, 0) is 76.3 Å². The average molecular weight is 699 g/mol. The Morgan fingerprint density at radius 2 is 1.13 bits per heavy atom. The van der Waals surface area contributed by atoms with Crippen molar-refractivity contribution >= 4 is 0 Å². The molecule has 52 heavy (non-hydrogen) atoms. The molecule has 0 bridgehead atoms. The third kappa shape index (κ3) is 8.25. The van der Waals surface area contributed by atoms with Crippen LogP contribution < -0.4 is 9.47 Å². The highest BCUT2D eigenvalue weighted by Crippen LogP contribution is 2.45. The van der Waals surface area contributed by atoms with Crippen LogP contribution in [0, 0.1) is 0 Å². The lowest BCUT2D eigenvalue weighted by atomic mass is 9.87. The molecule has 2 fully saturated rings. The van der Waals surface area contributed by atoms with Crippen molar-refractivity contribution in [2.45, 2.75) is 75.5 Å². The first-order valence-corrected chi connectivity index (χ1v) is 18.5. The van der Waals surface area contributed by atoms with Gasteiger partial charge in [0.15, 0.2) is 11.5 Å². The summed E-state index contributed by atoms with van der Waals surface area (Å²) in [5.41, 5.74) is 7.91. The molecule has 7 heteroatoms. The first kappa shape index (κ1) is 34.6. The predicted molar refractivity (Wildman–Crippen MR) is 198 cm³/mol. The summed E-state index contributed by atoms with van der Waals surface area (Å²) in [6.07, 6.45) is 0.291. The molecule has 1 N–H and O–H groups in total. The van der Waals surface area contributed by atoms with Gasteiger partial charge in [0, 0.05) is 0 Å². The Hall–Kier alpha value is -4.50. The van der Waals surface area contributed by atoms with Gasteiger partial charge in [-0.3, -0.25) is 0 Å². The Bertz CT molecular complexity index is 1880. The molecule has 3 aliphatic rings. The van der Waals surface area contributed by atoms with Crippen LogP contribution in [0.25, 0.3) is 0 Å². The number of ether oxygens (including phenoxy) is 6. The van der Waals surface area contributed by atoms with Crippen LogP contribution in [0.5, 0.6) is 11.5 Å². The Labute approximate surface area is 306 Å². The summed E-state index contributed by atoms with van der Waals surface area (Å²) in [5, 5.41) is 10.9. The normalized spacial score (nSPS) is 22.6. The molecule has 0 amide bonds. The number of aliphatic hydroxyl groups excluding tert-OH is 1. The van der Waals surface area contributed by atoms with Crippen molar-refractivity contribution in [3.8, 4) is 11.5 Å². The van der Waals surface area contributed by atoms with Crippen molar-refractivity contribution < 1.29 is 33.5 Å². The highest BCUT2D eigenvalue weighted by molar-refractivity contribution is 5.47. The molecule has 0 spiro atoms. The molecule has 5 atom stereocenters. The van der Waals surface area contributed by atoms with Crippen molar-refractivity contribution in [3.63, 3.8) is 0 Å². The van der Waals surface area contributed by atoms with Gasteiger partial charge in [-0.1, -0.05) is 115 Å². The zero-order chi connectivity index (χ0) is 35.1. The smallest absolute Gasteiger partial charge is 0.161 e. The molecule has 1 unspecified atom stereocenters. The van der Waals surface area contributed by atoms with Gasteiger partial charge < -0.3 is 33.5 Å². The zero-order valence-electron chi connectivity index (χ0n) is 29.3. The van der Waals surface area contributed by atoms with Gasteiger partial charge in [-0.15, -0.1) is 0 Å². The zero-order valence-corrected chi connectivity index (χ0v) is 29.3. The minimum Gasteiger partial charge on any atom is -0.486 e. The molecule has 1 saturated carbocycles. The lowest BCUT2D eigenvalue weighted by Gasteiger charge is -2.46. The van der Waals surface area contributed by atoms with Gasteiger partial charge in [-0.25, -0.2) is 0 Å². The number of hydrogen-bond donors (Lipinski definition) is 1. The summed E-state index contributed by atoms with van der Waals surface area (Å²) in [4.78, 5) is 0. The summed E-state index contributed by atoms with van der Waals surface area (Å²) in [6.45, 7) is 1.98.